The Kier molecular flexibility index (Phi) is 3.57. The lowest BCUT2D eigenvalue weighted by Gasteiger charge is -2.24. The van der Waals surface area contributed by atoms with Gasteiger partial charge in [-0.1, -0.05) is 0 Å². The van der Waals surface area contributed by atoms with Gasteiger partial charge in [-0.25, -0.2) is 4.98 Å². The Morgan fingerprint density at radius 1 is 1.17 bits per heavy atom. The summed E-state index contributed by atoms with van der Waals surface area (Å²) in [5.74, 6) is 2.98. The zero-order valence-electron chi connectivity index (χ0n) is 14.4. The molecular weight excluding hydrogens is 306 g/mol. The van der Waals surface area contributed by atoms with E-state index in [1.54, 1.807) is 11.3 Å². The van der Waals surface area contributed by atoms with Crippen molar-refractivity contribution in [2.75, 3.05) is 0 Å². The van der Waals surface area contributed by atoms with Gasteiger partial charge in [-0.05, 0) is 53.4 Å². The standard InChI is InChI=1S/C17H25N5S/c1-10-11(2)23-16(19-10)17(3,4)18-9-14-20-21-15(12-5-6-12)22(14)13-7-8-13/h12-13,18H,5-9H2,1-4H3. The highest BCUT2D eigenvalue weighted by Crippen LogP contribution is 2.44. The molecule has 0 spiro atoms. The Morgan fingerprint density at radius 2 is 1.91 bits per heavy atom. The third-order valence-corrected chi connectivity index (χ3v) is 6.30. The molecule has 0 unspecified atom stereocenters. The Balaban J connectivity index is 1.52. The first kappa shape index (κ1) is 15.3. The van der Waals surface area contributed by atoms with E-state index in [1.165, 1.54) is 36.4 Å². The van der Waals surface area contributed by atoms with Crippen molar-refractivity contribution in [2.24, 2.45) is 0 Å². The zero-order chi connectivity index (χ0) is 16.2. The maximum atomic E-state index is 4.72. The van der Waals surface area contributed by atoms with Crippen molar-refractivity contribution in [1.82, 2.24) is 25.1 Å². The topological polar surface area (TPSA) is 55.6 Å². The molecular formula is C17H25N5S. The van der Waals surface area contributed by atoms with E-state index in [-0.39, 0.29) is 5.54 Å². The van der Waals surface area contributed by atoms with Gasteiger partial charge >= 0.3 is 0 Å². The van der Waals surface area contributed by atoms with Crippen molar-refractivity contribution in [3.8, 4) is 0 Å². The van der Waals surface area contributed by atoms with E-state index in [0.29, 0.717) is 12.0 Å². The van der Waals surface area contributed by atoms with Crippen molar-refractivity contribution in [2.45, 2.75) is 77.4 Å². The summed E-state index contributed by atoms with van der Waals surface area (Å²) in [5.41, 5.74) is 0.987. The van der Waals surface area contributed by atoms with Crippen molar-refractivity contribution < 1.29 is 0 Å². The number of nitrogens with zero attached hydrogens (tertiary/aromatic N) is 4. The summed E-state index contributed by atoms with van der Waals surface area (Å²) in [5, 5.41) is 13.8. The molecule has 2 heterocycles. The van der Waals surface area contributed by atoms with Crippen LogP contribution in [0.15, 0.2) is 0 Å². The maximum absolute atomic E-state index is 4.72. The van der Waals surface area contributed by atoms with Crippen LogP contribution in [0.4, 0.5) is 0 Å². The highest BCUT2D eigenvalue weighted by Gasteiger charge is 2.36. The molecule has 6 heteroatoms. The van der Waals surface area contributed by atoms with E-state index in [4.69, 9.17) is 4.98 Å². The number of nitrogens with one attached hydrogen (secondary N) is 1. The van der Waals surface area contributed by atoms with Crippen LogP contribution >= 0.6 is 11.3 Å². The second-order valence-electron chi connectivity index (χ2n) is 7.49. The first-order chi connectivity index (χ1) is 11.0. The normalized spacial score (nSPS) is 18.6. The summed E-state index contributed by atoms with van der Waals surface area (Å²) < 4.78 is 2.42. The quantitative estimate of drug-likeness (QED) is 0.879. The minimum absolute atomic E-state index is 0.149. The van der Waals surface area contributed by atoms with E-state index in [0.717, 1.165) is 23.1 Å². The lowest BCUT2D eigenvalue weighted by molar-refractivity contribution is 0.387. The fourth-order valence-electron chi connectivity index (χ4n) is 2.92. The minimum Gasteiger partial charge on any atom is -0.311 e. The monoisotopic (exact) mass is 331 g/mol. The van der Waals surface area contributed by atoms with Gasteiger partial charge in [0.1, 0.15) is 16.7 Å². The second-order valence-corrected chi connectivity index (χ2v) is 8.69. The van der Waals surface area contributed by atoms with Gasteiger partial charge in [-0.2, -0.15) is 0 Å². The first-order valence-electron chi connectivity index (χ1n) is 8.59. The van der Waals surface area contributed by atoms with Crippen LogP contribution in [0.2, 0.25) is 0 Å². The molecule has 0 aromatic carbocycles. The molecule has 2 fully saturated rings. The molecule has 0 amide bonds. The van der Waals surface area contributed by atoms with Gasteiger partial charge in [0.25, 0.3) is 0 Å². The van der Waals surface area contributed by atoms with E-state index in [2.05, 4.69) is 47.8 Å². The third kappa shape index (κ3) is 2.94. The maximum Gasteiger partial charge on any atom is 0.147 e. The van der Waals surface area contributed by atoms with Crippen LogP contribution in [0.5, 0.6) is 0 Å². The van der Waals surface area contributed by atoms with E-state index in [9.17, 15) is 0 Å². The van der Waals surface area contributed by atoms with Gasteiger partial charge in [-0.15, -0.1) is 21.5 Å². The summed E-state index contributed by atoms with van der Waals surface area (Å²) in [7, 11) is 0. The summed E-state index contributed by atoms with van der Waals surface area (Å²) in [6.07, 6.45) is 5.11. The number of hydrogen-bond donors (Lipinski definition) is 1. The molecule has 23 heavy (non-hydrogen) atoms. The minimum atomic E-state index is -0.149. The number of hydrogen-bond acceptors (Lipinski definition) is 5. The summed E-state index contributed by atoms with van der Waals surface area (Å²) in [4.78, 5) is 6.02. The first-order valence-corrected chi connectivity index (χ1v) is 9.40. The van der Waals surface area contributed by atoms with Gasteiger partial charge in [0.15, 0.2) is 0 Å². The molecule has 0 radical (unpaired) electrons. The predicted octanol–water partition coefficient (Wildman–Crippen LogP) is 3.59. The largest absolute Gasteiger partial charge is 0.311 e. The van der Waals surface area contributed by atoms with Crippen molar-refractivity contribution in [3.63, 3.8) is 0 Å². The average molecular weight is 331 g/mol. The van der Waals surface area contributed by atoms with Crippen LogP contribution in [0, 0.1) is 13.8 Å². The van der Waals surface area contributed by atoms with Crippen LogP contribution in [0.1, 0.15) is 78.7 Å². The summed E-state index contributed by atoms with van der Waals surface area (Å²) in [6.45, 7) is 9.37. The van der Waals surface area contributed by atoms with Gasteiger partial charge in [0.05, 0.1) is 17.8 Å². The predicted molar refractivity (Wildman–Crippen MR) is 91.7 cm³/mol. The Bertz CT molecular complexity index is 702. The number of aryl methyl sites for hydroxylation is 2. The molecule has 124 valence electrons. The van der Waals surface area contributed by atoms with Crippen LogP contribution in [-0.4, -0.2) is 19.7 Å². The number of aromatic nitrogens is 4. The Labute approximate surface area is 141 Å². The molecule has 0 saturated heterocycles. The van der Waals surface area contributed by atoms with Crippen LogP contribution in [-0.2, 0) is 12.1 Å². The molecule has 0 atom stereocenters. The fourth-order valence-corrected chi connectivity index (χ4v) is 3.92. The molecule has 4 rings (SSSR count). The Hall–Kier alpha value is -1.27. The van der Waals surface area contributed by atoms with E-state index in [1.807, 2.05) is 0 Å². The molecule has 0 bridgehead atoms. The zero-order valence-corrected chi connectivity index (χ0v) is 15.2. The van der Waals surface area contributed by atoms with E-state index < -0.39 is 0 Å². The van der Waals surface area contributed by atoms with Crippen LogP contribution in [0.3, 0.4) is 0 Å². The highest BCUT2D eigenvalue weighted by molar-refractivity contribution is 7.11. The molecule has 2 aromatic rings. The van der Waals surface area contributed by atoms with E-state index >= 15 is 0 Å². The Morgan fingerprint density at radius 3 is 2.48 bits per heavy atom. The third-order valence-electron chi connectivity index (χ3n) is 4.90. The summed E-state index contributed by atoms with van der Waals surface area (Å²) >= 11 is 1.78. The molecule has 5 nitrogen and oxygen atoms in total. The molecule has 2 aliphatic carbocycles. The lowest BCUT2D eigenvalue weighted by atomic mass is 10.1. The van der Waals surface area contributed by atoms with Crippen molar-refractivity contribution >= 4 is 11.3 Å². The average Bonchev–Trinajstić information content (AvgIpc) is 3.43. The molecule has 1 N–H and O–H groups in total. The number of thiazole rings is 1. The number of rotatable bonds is 6. The fraction of sp³-hybridized carbons (Fsp3) is 0.706. The smallest absolute Gasteiger partial charge is 0.147 e. The molecule has 2 aliphatic rings. The van der Waals surface area contributed by atoms with Gasteiger partial charge in [0, 0.05) is 16.8 Å². The van der Waals surface area contributed by atoms with Gasteiger partial charge in [0.2, 0.25) is 0 Å². The molecule has 0 aliphatic heterocycles. The molecule has 2 aromatic heterocycles. The van der Waals surface area contributed by atoms with Crippen molar-refractivity contribution in [1.29, 1.82) is 0 Å². The van der Waals surface area contributed by atoms with Crippen molar-refractivity contribution in [3.05, 3.63) is 27.2 Å². The van der Waals surface area contributed by atoms with Crippen LogP contribution < -0.4 is 5.32 Å². The SMILES string of the molecule is Cc1nc(C(C)(C)NCc2nnc(C3CC3)n2C2CC2)sc1C. The van der Waals surface area contributed by atoms with Crippen LogP contribution in [0.25, 0.3) is 0 Å². The summed E-state index contributed by atoms with van der Waals surface area (Å²) in [6, 6.07) is 0.643. The van der Waals surface area contributed by atoms with Gasteiger partial charge in [-0.3, -0.25) is 5.32 Å². The van der Waals surface area contributed by atoms with Gasteiger partial charge < -0.3 is 4.57 Å². The molecule has 2 saturated carbocycles. The lowest BCUT2D eigenvalue weighted by Crippen LogP contribution is -2.36. The highest BCUT2D eigenvalue weighted by atomic mass is 32.1. The second kappa shape index (κ2) is 5.38.